The summed E-state index contributed by atoms with van der Waals surface area (Å²) in [6.07, 6.45) is 6.89. The maximum Gasteiger partial charge on any atom is 0.267 e. The lowest BCUT2D eigenvalue weighted by Gasteiger charge is -2.12. The first-order valence-corrected chi connectivity index (χ1v) is 11.8. The summed E-state index contributed by atoms with van der Waals surface area (Å²) in [6, 6.07) is 16.7. The average molecular weight is 504 g/mol. The summed E-state index contributed by atoms with van der Waals surface area (Å²) < 4.78 is 15.9. The van der Waals surface area contributed by atoms with Crippen molar-refractivity contribution in [2.75, 3.05) is 14.2 Å². The van der Waals surface area contributed by atoms with E-state index in [9.17, 15) is 9.90 Å². The summed E-state index contributed by atoms with van der Waals surface area (Å²) in [5, 5.41) is 19.2. The van der Waals surface area contributed by atoms with E-state index in [4.69, 9.17) is 13.9 Å². The van der Waals surface area contributed by atoms with Crippen LogP contribution in [-0.4, -0.2) is 41.5 Å². The molecule has 0 bridgehead atoms. The van der Waals surface area contributed by atoms with Crippen molar-refractivity contribution in [1.82, 2.24) is 4.90 Å². The highest BCUT2D eigenvalue weighted by Gasteiger charge is 2.34. The molecule has 184 valence electrons. The van der Waals surface area contributed by atoms with Crippen LogP contribution in [0.15, 0.2) is 86.0 Å². The highest BCUT2D eigenvalue weighted by atomic mass is 32.2. The first kappa shape index (κ1) is 24.9. The number of hydrogen-bond acceptors (Lipinski definition) is 8. The van der Waals surface area contributed by atoms with Gasteiger partial charge in [-0.2, -0.15) is 5.10 Å². The van der Waals surface area contributed by atoms with E-state index in [0.29, 0.717) is 21.4 Å². The maximum atomic E-state index is 13.3. The molecule has 0 spiro atoms. The molecule has 0 aliphatic carbocycles. The molecule has 8 nitrogen and oxygen atoms in total. The van der Waals surface area contributed by atoms with Gasteiger partial charge in [-0.3, -0.25) is 9.69 Å². The number of phenolic OH excluding ortho intramolecular Hbond substituents is 1. The number of allylic oxidation sites excluding steroid dienone is 1. The first-order chi connectivity index (χ1) is 17.5. The van der Waals surface area contributed by atoms with Gasteiger partial charge in [0.25, 0.3) is 5.91 Å². The molecule has 0 saturated carbocycles. The van der Waals surface area contributed by atoms with Gasteiger partial charge in [0.2, 0.25) is 5.75 Å². The number of rotatable bonds is 8. The van der Waals surface area contributed by atoms with E-state index < -0.39 is 0 Å². The van der Waals surface area contributed by atoms with E-state index in [-0.39, 0.29) is 29.7 Å². The number of phenols is 1. The van der Waals surface area contributed by atoms with E-state index in [1.54, 1.807) is 42.8 Å². The van der Waals surface area contributed by atoms with Crippen molar-refractivity contribution >= 4 is 41.2 Å². The molecule has 1 aromatic heterocycles. The zero-order valence-corrected chi connectivity index (χ0v) is 20.9. The zero-order valence-electron chi connectivity index (χ0n) is 20.0. The van der Waals surface area contributed by atoms with Crippen LogP contribution in [0.1, 0.15) is 23.8 Å². The van der Waals surface area contributed by atoms with E-state index in [1.807, 2.05) is 43.3 Å². The topological polar surface area (TPSA) is 96.9 Å². The van der Waals surface area contributed by atoms with Crippen molar-refractivity contribution in [1.29, 1.82) is 0 Å². The number of carbonyl (C=O) groups is 1. The third kappa shape index (κ3) is 5.87. The van der Waals surface area contributed by atoms with Crippen LogP contribution < -0.4 is 9.47 Å². The molecule has 1 aliphatic rings. The van der Waals surface area contributed by atoms with Gasteiger partial charge in [-0.1, -0.05) is 36.4 Å². The highest BCUT2D eigenvalue weighted by Crippen LogP contribution is 2.39. The lowest BCUT2D eigenvalue weighted by molar-refractivity contribution is -0.122. The summed E-state index contributed by atoms with van der Waals surface area (Å²) in [4.78, 5) is 15.2. The van der Waals surface area contributed by atoms with E-state index in [1.165, 1.54) is 30.9 Å². The molecule has 1 N–H and O–H groups in total. The third-order valence-electron chi connectivity index (χ3n) is 5.18. The lowest BCUT2D eigenvalue weighted by Crippen LogP contribution is -2.28. The van der Waals surface area contributed by atoms with Gasteiger partial charge in [0.15, 0.2) is 16.7 Å². The Hall–Kier alpha value is -4.24. The van der Waals surface area contributed by atoms with Crippen molar-refractivity contribution in [3.05, 3.63) is 88.2 Å². The summed E-state index contributed by atoms with van der Waals surface area (Å²) in [5.74, 6) is 0.747. The lowest BCUT2D eigenvalue weighted by atomic mass is 10.1. The number of aromatic hydroxyl groups is 1. The van der Waals surface area contributed by atoms with E-state index in [0.717, 1.165) is 11.1 Å². The van der Waals surface area contributed by atoms with E-state index in [2.05, 4.69) is 10.2 Å². The van der Waals surface area contributed by atoms with Crippen molar-refractivity contribution in [2.24, 2.45) is 10.2 Å². The van der Waals surface area contributed by atoms with Crippen LogP contribution in [0.25, 0.3) is 12.2 Å². The Bertz CT molecular complexity index is 1320. The fraction of sp³-hybridized carbons (Fsp3) is 0.148. The summed E-state index contributed by atoms with van der Waals surface area (Å²) in [5.41, 5.74) is 2.60. The molecule has 1 fully saturated rings. The molecular weight excluding hydrogens is 478 g/mol. The number of carbonyl (C=O) groups excluding carboxylic acids is 1. The fourth-order valence-corrected chi connectivity index (χ4v) is 4.38. The second kappa shape index (κ2) is 11.5. The summed E-state index contributed by atoms with van der Waals surface area (Å²) in [6.45, 7) is 2.15. The molecule has 36 heavy (non-hydrogen) atoms. The Morgan fingerprint density at radius 3 is 2.44 bits per heavy atom. The van der Waals surface area contributed by atoms with Gasteiger partial charge < -0.3 is 19.0 Å². The Balaban J connectivity index is 1.63. The van der Waals surface area contributed by atoms with Gasteiger partial charge >= 0.3 is 0 Å². The minimum Gasteiger partial charge on any atom is -0.502 e. The van der Waals surface area contributed by atoms with Crippen LogP contribution in [0.5, 0.6) is 17.2 Å². The highest BCUT2D eigenvalue weighted by molar-refractivity contribution is 8.18. The number of furan rings is 1. The van der Waals surface area contributed by atoms with Gasteiger partial charge in [-0.05, 0) is 65.7 Å². The largest absolute Gasteiger partial charge is 0.502 e. The second-order valence-electron chi connectivity index (χ2n) is 7.78. The standard InChI is InChI=1S/C27H25N3O5S/c1-18(12-19-8-5-4-6-9-19)16-28-29-27-30(17-21-10-7-11-35-21)26(32)24(36-27)15-20-13-22(33-2)25(31)23(14-20)34-3/h4-16,31H,17H2,1-3H3/b18-12+,24-15-,28-16-,29-27+. The van der Waals surface area contributed by atoms with E-state index >= 15 is 0 Å². The Morgan fingerprint density at radius 1 is 1.08 bits per heavy atom. The van der Waals surface area contributed by atoms with Crippen LogP contribution in [0.2, 0.25) is 0 Å². The number of nitrogens with zero attached hydrogens (tertiary/aromatic N) is 3. The van der Waals surface area contributed by atoms with Crippen molar-refractivity contribution in [3.8, 4) is 17.2 Å². The Labute approximate surface area is 213 Å². The number of hydrogen-bond donors (Lipinski definition) is 1. The van der Waals surface area contributed by atoms with Crippen LogP contribution in [0, 0.1) is 0 Å². The van der Waals surface area contributed by atoms with Crippen LogP contribution >= 0.6 is 11.8 Å². The molecular formula is C27H25N3O5S. The minimum atomic E-state index is -0.243. The smallest absolute Gasteiger partial charge is 0.267 e. The maximum absolute atomic E-state index is 13.3. The fourth-order valence-electron chi connectivity index (χ4n) is 3.45. The molecule has 4 rings (SSSR count). The quantitative estimate of drug-likeness (QED) is 0.245. The molecule has 1 aliphatic heterocycles. The average Bonchev–Trinajstić information content (AvgIpc) is 3.50. The summed E-state index contributed by atoms with van der Waals surface area (Å²) in [7, 11) is 2.89. The van der Waals surface area contributed by atoms with Gasteiger partial charge in [0.05, 0.1) is 38.1 Å². The molecule has 0 unspecified atom stereocenters. The number of methoxy groups -OCH3 is 2. The number of amidine groups is 1. The molecule has 3 aromatic rings. The van der Waals surface area contributed by atoms with Crippen LogP contribution in [0.3, 0.4) is 0 Å². The Kier molecular flexibility index (Phi) is 7.92. The molecule has 0 atom stereocenters. The van der Waals surface area contributed by atoms with Crippen LogP contribution in [-0.2, 0) is 11.3 Å². The predicted molar refractivity (Wildman–Crippen MR) is 142 cm³/mol. The first-order valence-electron chi connectivity index (χ1n) is 11.0. The van der Waals surface area contributed by atoms with Crippen molar-refractivity contribution in [2.45, 2.75) is 13.5 Å². The molecule has 1 saturated heterocycles. The van der Waals surface area contributed by atoms with Gasteiger partial charge in [-0.15, -0.1) is 5.10 Å². The van der Waals surface area contributed by atoms with Gasteiger partial charge in [-0.25, -0.2) is 0 Å². The normalized spacial score (nSPS) is 16.5. The molecule has 1 amide bonds. The molecule has 9 heteroatoms. The number of amides is 1. The zero-order chi connectivity index (χ0) is 25.5. The molecule has 2 heterocycles. The second-order valence-corrected chi connectivity index (χ2v) is 8.79. The molecule has 0 radical (unpaired) electrons. The third-order valence-corrected chi connectivity index (χ3v) is 6.18. The van der Waals surface area contributed by atoms with Crippen molar-refractivity contribution in [3.63, 3.8) is 0 Å². The minimum absolute atomic E-state index is 0.109. The van der Waals surface area contributed by atoms with Crippen molar-refractivity contribution < 1.29 is 23.8 Å². The van der Waals surface area contributed by atoms with Gasteiger partial charge in [0, 0.05) is 0 Å². The van der Waals surface area contributed by atoms with Gasteiger partial charge in [0.1, 0.15) is 5.76 Å². The predicted octanol–water partition coefficient (Wildman–Crippen LogP) is 5.56. The molecule has 2 aromatic carbocycles. The summed E-state index contributed by atoms with van der Waals surface area (Å²) >= 11 is 1.20. The number of benzene rings is 2. The van der Waals surface area contributed by atoms with Crippen LogP contribution in [0.4, 0.5) is 0 Å². The SMILES string of the molecule is COc1cc(/C=C2\S/C(=N/N=C\C(C)=C\c3ccccc3)N(Cc3ccco3)C2=O)cc(OC)c1O. The monoisotopic (exact) mass is 503 g/mol. The Morgan fingerprint density at radius 2 is 1.81 bits per heavy atom. The number of ether oxygens (including phenoxy) is 2. The number of thioether (sulfide) groups is 1.